The third-order valence-electron chi connectivity index (χ3n) is 6.96. The smallest absolute Gasteiger partial charge is 0.253 e. The third-order valence-corrected chi connectivity index (χ3v) is 6.96. The summed E-state index contributed by atoms with van der Waals surface area (Å²) in [7, 11) is 0. The van der Waals surface area contributed by atoms with E-state index in [-0.39, 0.29) is 23.2 Å². The first-order valence-electron chi connectivity index (χ1n) is 11.9. The van der Waals surface area contributed by atoms with Gasteiger partial charge >= 0.3 is 0 Å². The van der Waals surface area contributed by atoms with E-state index in [1.54, 1.807) is 18.2 Å². The number of aromatic nitrogens is 1. The van der Waals surface area contributed by atoms with Gasteiger partial charge in [0.25, 0.3) is 5.91 Å². The molecule has 0 N–H and O–H groups in total. The van der Waals surface area contributed by atoms with Crippen LogP contribution < -0.4 is 4.74 Å². The van der Waals surface area contributed by atoms with E-state index < -0.39 is 0 Å². The average Bonchev–Trinajstić information content (AvgIpc) is 3.26. The van der Waals surface area contributed by atoms with Crippen molar-refractivity contribution < 1.29 is 18.7 Å². The summed E-state index contributed by atoms with van der Waals surface area (Å²) in [5.41, 5.74) is 2.73. The van der Waals surface area contributed by atoms with Gasteiger partial charge in [-0.15, -0.1) is 0 Å². The Hall–Kier alpha value is -3.25. The van der Waals surface area contributed by atoms with Crippen molar-refractivity contribution in [1.82, 2.24) is 9.88 Å². The lowest BCUT2D eigenvalue weighted by Crippen LogP contribution is -2.43. The number of halogens is 1. The van der Waals surface area contributed by atoms with Crippen LogP contribution in [-0.2, 0) is 17.8 Å². The highest BCUT2D eigenvalue weighted by molar-refractivity contribution is 5.94. The van der Waals surface area contributed by atoms with E-state index in [9.17, 15) is 9.18 Å². The molecule has 2 fully saturated rings. The number of benzene rings is 2. The Labute approximate surface area is 199 Å². The number of hydrogen-bond donors (Lipinski definition) is 0. The van der Waals surface area contributed by atoms with Gasteiger partial charge in [-0.25, -0.2) is 4.39 Å². The number of carbonyl (C=O) groups excluding carboxylic acids is 1. The molecule has 5 rings (SSSR count). The predicted molar refractivity (Wildman–Crippen MR) is 127 cm³/mol. The highest BCUT2D eigenvalue weighted by atomic mass is 19.1. The fourth-order valence-electron chi connectivity index (χ4n) is 4.96. The Morgan fingerprint density at radius 2 is 1.91 bits per heavy atom. The lowest BCUT2D eigenvalue weighted by Gasteiger charge is -2.38. The van der Waals surface area contributed by atoms with E-state index in [0.717, 1.165) is 56.6 Å². The van der Waals surface area contributed by atoms with Crippen LogP contribution in [0.25, 0.3) is 0 Å². The normalized spacial score (nSPS) is 19.3. The maximum Gasteiger partial charge on any atom is 0.253 e. The number of hydrogen-bond acceptors (Lipinski definition) is 4. The molecule has 6 heteroatoms. The van der Waals surface area contributed by atoms with Crippen molar-refractivity contribution in [1.29, 1.82) is 0 Å². The van der Waals surface area contributed by atoms with E-state index in [1.807, 2.05) is 47.5 Å². The van der Waals surface area contributed by atoms with Crippen LogP contribution in [0.15, 0.2) is 72.9 Å². The van der Waals surface area contributed by atoms with Gasteiger partial charge in [0, 0.05) is 37.0 Å². The summed E-state index contributed by atoms with van der Waals surface area (Å²) in [6.45, 7) is 2.56. The molecule has 0 bridgehead atoms. The zero-order valence-electron chi connectivity index (χ0n) is 19.2. The molecule has 0 radical (unpaired) electrons. The summed E-state index contributed by atoms with van der Waals surface area (Å²) >= 11 is 0. The van der Waals surface area contributed by atoms with Crippen LogP contribution in [0.5, 0.6) is 5.75 Å². The standard InChI is InChI=1S/C28H29FN2O3/c29-23-9-7-21(8-10-23)19-33-25-6-3-4-22(16-25)27(32)31-14-11-28(12-15-31)18-26(34-20-28)17-24-5-1-2-13-30-24/h1-10,13,16,26H,11-12,14-15,17-20H2/t26-/m1/s1. The topological polar surface area (TPSA) is 51.7 Å². The van der Waals surface area contributed by atoms with E-state index in [4.69, 9.17) is 9.47 Å². The second-order valence-corrected chi connectivity index (χ2v) is 9.40. The quantitative estimate of drug-likeness (QED) is 0.516. The minimum absolute atomic E-state index is 0.0334. The minimum Gasteiger partial charge on any atom is -0.489 e. The van der Waals surface area contributed by atoms with Crippen LogP contribution in [0.4, 0.5) is 4.39 Å². The molecular formula is C28H29FN2O3. The van der Waals surface area contributed by atoms with Crippen molar-refractivity contribution >= 4 is 5.91 Å². The predicted octanol–water partition coefficient (Wildman–Crippen LogP) is 5.05. The van der Waals surface area contributed by atoms with Crippen LogP contribution >= 0.6 is 0 Å². The van der Waals surface area contributed by atoms with Crippen LogP contribution in [0.3, 0.4) is 0 Å². The second-order valence-electron chi connectivity index (χ2n) is 9.40. The molecule has 0 unspecified atom stereocenters. The number of likely N-dealkylation sites (tertiary alicyclic amines) is 1. The average molecular weight is 461 g/mol. The number of amides is 1. The first-order chi connectivity index (χ1) is 16.6. The Bertz CT molecular complexity index is 1110. The molecule has 0 aliphatic carbocycles. The fourth-order valence-corrected chi connectivity index (χ4v) is 4.96. The van der Waals surface area contributed by atoms with Gasteiger partial charge < -0.3 is 14.4 Å². The summed E-state index contributed by atoms with van der Waals surface area (Å²) in [6, 6.07) is 19.5. The van der Waals surface area contributed by atoms with Crippen molar-refractivity contribution in [3.05, 3.63) is 95.6 Å². The highest BCUT2D eigenvalue weighted by Crippen LogP contribution is 2.42. The summed E-state index contributed by atoms with van der Waals surface area (Å²) in [6.07, 6.45) is 5.81. The van der Waals surface area contributed by atoms with Crippen LogP contribution in [0.1, 0.15) is 40.9 Å². The third kappa shape index (κ3) is 5.28. The highest BCUT2D eigenvalue weighted by Gasteiger charge is 2.43. The number of nitrogens with zero attached hydrogens (tertiary/aromatic N) is 2. The van der Waals surface area contributed by atoms with Crippen molar-refractivity contribution in [2.75, 3.05) is 19.7 Å². The van der Waals surface area contributed by atoms with Gasteiger partial charge in [-0.1, -0.05) is 24.3 Å². The molecule has 3 aromatic rings. The fraction of sp³-hybridized carbons (Fsp3) is 0.357. The van der Waals surface area contributed by atoms with Gasteiger partial charge in [0.15, 0.2) is 0 Å². The molecule has 1 spiro atoms. The molecule has 2 aliphatic rings. The number of rotatable bonds is 6. The van der Waals surface area contributed by atoms with Gasteiger partial charge in [-0.3, -0.25) is 9.78 Å². The van der Waals surface area contributed by atoms with Crippen molar-refractivity contribution in [2.24, 2.45) is 5.41 Å². The van der Waals surface area contributed by atoms with Gasteiger partial charge in [-0.05, 0) is 72.7 Å². The Kier molecular flexibility index (Phi) is 6.59. The Morgan fingerprint density at radius 3 is 2.68 bits per heavy atom. The minimum atomic E-state index is -0.271. The van der Waals surface area contributed by atoms with Gasteiger partial charge in [0.1, 0.15) is 18.2 Å². The summed E-state index contributed by atoms with van der Waals surface area (Å²) in [5, 5.41) is 0. The largest absolute Gasteiger partial charge is 0.489 e. The number of carbonyl (C=O) groups is 1. The number of piperidine rings is 1. The van der Waals surface area contributed by atoms with Crippen LogP contribution in [-0.4, -0.2) is 41.6 Å². The van der Waals surface area contributed by atoms with Crippen molar-refractivity contribution in [2.45, 2.75) is 38.4 Å². The van der Waals surface area contributed by atoms with Crippen molar-refractivity contribution in [3.63, 3.8) is 0 Å². The Morgan fingerprint density at radius 1 is 1.09 bits per heavy atom. The van der Waals surface area contributed by atoms with E-state index in [2.05, 4.69) is 4.98 Å². The van der Waals surface area contributed by atoms with Crippen molar-refractivity contribution in [3.8, 4) is 5.75 Å². The first kappa shape index (κ1) is 22.5. The molecule has 176 valence electrons. The van der Waals surface area contributed by atoms with Gasteiger partial charge in [0.2, 0.25) is 0 Å². The molecule has 0 saturated carbocycles. The van der Waals surface area contributed by atoms with Gasteiger partial charge in [0.05, 0.1) is 12.7 Å². The molecule has 5 nitrogen and oxygen atoms in total. The summed E-state index contributed by atoms with van der Waals surface area (Å²) < 4.78 is 25.0. The summed E-state index contributed by atoms with van der Waals surface area (Å²) in [4.78, 5) is 19.5. The monoisotopic (exact) mass is 460 g/mol. The number of ether oxygens (including phenoxy) is 2. The molecule has 34 heavy (non-hydrogen) atoms. The first-order valence-corrected chi connectivity index (χ1v) is 11.9. The maximum absolute atomic E-state index is 13.2. The SMILES string of the molecule is O=C(c1cccc(OCc2ccc(F)cc2)c1)N1CCC2(CC1)CO[C@H](Cc1ccccn1)C2. The molecule has 1 amide bonds. The molecule has 2 aliphatic heterocycles. The zero-order valence-corrected chi connectivity index (χ0v) is 19.2. The molecule has 1 atom stereocenters. The van der Waals surface area contributed by atoms with Gasteiger partial charge in [-0.2, -0.15) is 0 Å². The van der Waals surface area contributed by atoms with E-state index in [1.165, 1.54) is 12.1 Å². The summed E-state index contributed by atoms with van der Waals surface area (Å²) in [5.74, 6) is 0.392. The maximum atomic E-state index is 13.2. The number of pyridine rings is 1. The second kappa shape index (κ2) is 9.94. The zero-order chi connectivity index (χ0) is 23.4. The van der Waals surface area contributed by atoms with E-state index in [0.29, 0.717) is 17.9 Å². The lowest BCUT2D eigenvalue weighted by molar-refractivity contribution is 0.0495. The molecule has 3 heterocycles. The Balaban J connectivity index is 1.14. The lowest BCUT2D eigenvalue weighted by atomic mass is 9.76. The molecular weight excluding hydrogens is 431 g/mol. The molecule has 2 aromatic carbocycles. The van der Waals surface area contributed by atoms with Crippen LogP contribution in [0.2, 0.25) is 0 Å². The van der Waals surface area contributed by atoms with E-state index >= 15 is 0 Å². The van der Waals surface area contributed by atoms with Crippen LogP contribution in [0, 0.1) is 11.2 Å². The molecule has 1 aromatic heterocycles. The molecule has 2 saturated heterocycles.